The maximum Gasteiger partial charge on any atom is 0.226 e. The molecule has 4 aromatic carbocycles. The molecule has 0 saturated heterocycles. The van der Waals surface area contributed by atoms with E-state index in [1.54, 1.807) is 42.5 Å². The number of fused-ring (bicyclic) bond motifs is 6. The average molecular weight is 497 g/mol. The van der Waals surface area contributed by atoms with Crippen LogP contribution in [-0.2, 0) is 11.3 Å². The molecule has 2 heterocycles. The SMILES string of the molecule is O=C(CCn1c2ccccc2c2nc3ccccc3nc21)Nc1cccc2c1C(=O)c1ccccc1C2=O. The largest absolute Gasteiger partial charge is 0.325 e. The van der Waals surface area contributed by atoms with Crippen LogP contribution < -0.4 is 5.32 Å². The molecule has 6 aromatic rings. The Morgan fingerprint density at radius 1 is 0.711 bits per heavy atom. The van der Waals surface area contributed by atoms with E-state index in [0.29, 0.717) is 34.6 Å². The molecule has 0 bridgehead atoms. The average Bonchev–Trinajstić information content (AvgIpc) is 3.26. The van der Waals surface area contributed by atoms with Crippen LogP contribution in [-0.4, -0.2) is 32.0 Å². The molecule has 38 heavy (non-hydrogen) atoms. The van der Waals surface area contributed by atoms with Crippen LogP contribution in [0.5, 0.6) is 0 Å². The van der Waals surface area contributed by atoms with Crippen molar-refractivity contribution < 1.29 is 14.4 Å². The number of carbonyl (C=O) groups excluding carboxylic acids is 3. The van der Waals surface area contributed by atoms with E-state index < -0.39 is 0 Å². The summed E-state index contributed by atoms with van der Waals surface area (Å²) in [5.74, 6) is -0.754. The van der Waals surface area contributed by atoms with Crippen LogP contribution in [0.15, 0.2) is 91.0 Å². The second-order valence-corrected chi connectivity index (χ2v) is 9.28. The highest BCUT2D eigenvalue weighted by Gasteiger charge is 2.31. The lowest BCUT2D eigenvalue weighted by atomic mass is 9.83. The second kappa shape index (κ2) is 8.45. The third-order valence-corrected chi connectivity index (χ3v) is 7.05. The number of nitrogens with zero attached hydrogens (tertiary/aromatic N) is 3. The van der Waals surface area contributed by atoms with Gasteiger partial charge in [0.1, 0.15) is 5.52 Å². The number of para-hydroxylation sites is 3. The zero-order valence-electron chi connectivity index (χ0n) is 20.1. The van der Waals surface area contributed by atoms with Crippen molar-refractivity contribution in [2.45, 2.75) is 13.0 Å². The number of hydrogen-bond donors (Lipinski definition) is 1. The van der Waals surface area contributed by atoms with Gasteiger partial charge in [-0.15, -0.1) is 0 Å². The molecule has 1 amide bonds. The summed E-state index contributed by atoms with van der Waals surface area (Å²) < 4.78 is 2.01. The minimum atomic E-state index is -0.268. The van der Waals surface area contributed by atoms with Crippen LogP contribution in [0.2, 0.25) is 0 Å². The van der Waals surface area contributed by atoms with E-state index in [1.165, 1.54) is 0 Å². The highest BCUT2D eigenvalue weighted by molar-refractivity contribution is 6.30. The number of rotatable bonds is 4. The van der Waals surface area contributed by atoms with Gasteiger partial charge in [0.2, 0.25) is 5.91 Å². The van der Waals surface area contributed by atoms with Gasteiger partial charge in [0.15, 0.2) is 17.2 Å². The predicted molar refractivity (Wildman–Crippen MR) is 146 cm³/mol. The summed E-state index contributed by atoms with van der Waals surface area (Å²) in [5.41, 5.74) is 5.66. The lowest BCUT2D eigenvalue weighted by molar-refractivity contribution is -0.116. The maximum absolute atomic E-state index is 13.3. The summed E-state index contributed by atoms with van der Waals surface area (Å²) in [4.78, 5) is 49.2. The van der Waals surface area contributed by atoms with Gasteiger partial charge in [-0.1, -0.05) is 66.7 Å². The van der Waals surface area contributed by atoms with Gasteiger partial charge in [-0.3, -0.25) is 14.4 Å². The van der Waals surface area contributed by atoms with Crippen molar-refractivity contribution >= 4 is 56.3 Å². The molecule has 2 aromatic heterocycles. The number of hydrogen-bond acceptors (Lipinski definition) is 5. The topological polar surface area (TPSA) is 93.9 Å². The van der Waals surface area contributed by atoms with Gasteiger partial charge < -0.3 is 9.88 Å². The number of ketones is 2. The Morgan fingerprint density at radius 3 is 2.18 bits per heavy atom. The predicted octanol–water partition coefficient (Wildman–Crippen LogP) is 5.54. The summed E-state index contributed by atoms with van der Waals surface area (Å²) in [6.07, 6.45) is 0.144. The van der Waals surface area contributed by atoms with E-state index in [-0.39, 0.29) is 29.5 Å². The van der Waals surface area contributed by atoms with Crippen molar-refractivity contribution in [2.24, 2.45) is 0 Å². The number of anilines is 1. The highest BCUT2D eigenvalue weighted by atomic mass is 16.2. The molecule has 1 N–H and O–H groups in total. The molecular formula is C31H20N4O3. The number of amides is 1. The van der Waals surface area contributed by atoms with Crippen molar-refractivity contribution in [3.8, 4) is 0 Å². The summed E-state index contributed by atoms with van der Waals surface area (Å²) >= 11 is 0. The first kappa shape index (κ1) is 22.1. The van der Waals surface area contributed by atoms with Gasteiger partial charge >= 0.3 is 0 Å². The van der Waals surface area contributed by atoms with Crippen LogP contribution in [0.3, 0.4) is 0 Å². The number of aryl methyl sites for hydroxylation is 1. The Labute approximate surface area is 216 Å². The highest BCUT2D eigenvalue weighted by Crippen LogP contribution is 2.32. The van der Waals surface area contributed by atoms with E-state index in [4.69, 9.17) is 9.97 Å². The van der Waals surface area contributed by atoms with Gasteiger partial charge in [-0.05, 0) is 24.3 Å². The number of carbonyl (C=O) groups is 3. The summed E-state index contributed by atoms with van der Waals surface area (Å²) in [5, 5.41) is 3.85. The van der Waals surface area contributed by atoms with Gasteiger partial charge in [0, 0.05) is 35.0 Å². The van der Waals surface area contributed by atoms with Crippen molar-refractivity contribution in [3.05, 3.63) is 113 Å². The monoisotopic (exact) mass is 496 g/mol. The first-order chi connectivity index (χ1) is 18.6. The summed E-state index contributed by atoms with van der Waals surface area (Å²) in [6, 6.07) is 27.4. The Balaban J connectivity index is 1.21. The van der Waals surface area contributed by atoms with Crippen LogP contribution in [0, 0.1) is 0 Å². The quantitative estimate of drug-likeness (QED) is 0.345. The third kappa shape index (κ3) is 3.33. The number of nitrogens with one attached hydrogen (secondary N) is 1. The van der Waals surface area contributed by atoms with Crippen LogP contribution >= 0.6 is 0 Å². The molecular weight excluding hydrogens is 476 g/mol. The van der Waals surface area contributed by atoms with Crippen molar-refractivity contribution in [1.29, 1.82) is 0 Å². The molecule has 0 saturated carbocycles. The molecule has 7 nitrogen and oxygen atoms in total. The van der Waals surface area contributed by atoms with Gasteiger partial charge in [0.05, 0.1) is 27.8 Å². The molecule has 0 atom stereocenters. The summed E-state index contributed by atoms with van der Waals surface area (Å²) in [7, 11) is 0. The molecule has 7 heteroatoms. The van der Waals surface area contributed by atoms with Crippen LogP contribution in [0.25, 0.3) is 33.1 Å². The molecule has 0 fully saturated rings. The van der Waals surface area contributed by atoms with E-state index >= 15 is 0 Å². The molecule has 0 spiro atoms. The minimum Gasteiger partial charge on any atom is -0.325 e. The molecule has 182 valence electrons. The molecule has 1 aliphatic rings. The Morgan fingerprint density at radius 2 is 1.37 bits per heavy atom. The second-order valence-electron chi connectivity index (χ2n) is 9.28. The first-order valence-corrected chi connectivity index (χ1v) is 12.3. The Bertz CT molecular complexity index is 1970. The first-order valence-electron chi connectivity index (χ1n) is 12.3. The smallest absolute Gasteiger partial charge is 0.226 e. The van der Waals surface area contributed by atoms with Crippen molar-refractivity contribution in [1.82, 2.24) is 14.5 Å². The zero-order chi connectivity index (χ0) is 25.8. The van der Waals surface area contributed by atoms with E-state index in [1.807, 2.05) is 53.1 Å². The third-order valence-electron chi connectivity index (χ3n) is 7.05. The fourth-order valence-electron chi connectivity index (χ4n) is 5.28. The van der Waals surface area contributed by atoms with E-state index in [0.717, 1.165) is 27.5 Å². The Kier molecular flexibility index (Phi) is 4.91. The van der Waals surface area contributed by atoms with Gasteiger partial charge in [-0.2, -0.15) is 0 Å². The minimum absolute atomic E-state index is 0.144. The van der Waals surface area contributed by atoms with Crippen LogP contribution in [0.1, 0.15) is 38.3 Å². The number of benzene rings is 4. The fourth-order valence-corrected chi connectivity index (χ4v) is 5.28. The standard InChI is InChI=1S/C31H20N4O3/c36-26(32-24-14-7-11-21-27(24)30(38)19-9-2-1-8-18(19)29(21)37)16-17-35-25-15-6-3-10-20(25)28-31(35)34-23-13-5-4-12-22(23)33-28/h1-15H,16-17H2,(H,32,36). The molecule has 1 aliphatic carbocycles. The lowest BCUT2D eigenvalue weighted by Gasteiger charge is -2.20. The van der Waals surface area contributed by atoms with Gasteiger partial charge in [0.25, 0.3) is 0 Å². The molecule has 7 rings (SSSR count). The fraction of sp³-hybridized carbons (Fsp3) is 0.0645. The van der Waals surface area contributed by atoms with Crippen molar-refractivity contribution in [2.75, 3.05) is 5.32 Å². The molecule has 0 aliphatic heterocycles. The van der Waals surface area contributed by atoms with Crippen molar-refractivity contribution in [3.63, 3.8) is 0 Å². The maximum atomic E-state index is 13.3. The molecule has 0 unspecified atom stereocenters. The van der Waals surface area contributed by atoms with Gasteiger partial charge in [-0.25, -0.2) is 9.97 Å². The van der Waals surface area contributed by atoms with Crippen LogP contribution in [0.4, 0.5) is 5.69 Å². The van der Waals surface area contributed by atoms with E-state index in [9.17, 15) is 14.4 Å². The zero-order valence-corrected chi connectivity index (χ0v) is 20.1. The van der Waals surface area contributed by atoms with E-state index in [2.05, 4.69) is 5.32 Å². The lowest BCUT2D eigenvalue weighted by Crippen LogP contribution is -2.24. The summed E-state index contributed by atoms with van der Waals surface area (Å²) in [6.45, 7) is 0.369. The molecule has 0 radical (unpaired) electrons. The Hall–Kier alpha value is -5.17. The number of aromatic nitrogens is 3. The normalized spacial score (nSPS) is 12.6.